The van der Waals surface area contributed by atoms with E-state index in [4.69, 9.17) is 10.8 Å². The normalized spacial score (nSPS) is 11.1. The second kappa shape index (κ2) is 7.98. The van der Waals surface area contributed by atoms with Gasteiger partial charge in [-0.15, -0.1) is 23.7 Å². The van der Waals surface area contributed by atoms with Crippen LogP contribution in [0.1, 0.15) is 16.0 Å². The van der Waals surface area contributed by atoms with Crippen LogP contribution in [0.5, 0.6) is 0 Å². The van der Waals surface area contributed by atoms with Crippen molar-refractivity contribution in [3.8, 4) is 11.8 Å². The molecule has 1 atom stereocenters. The SMILES string of the molecule is Cl.NC(CO)Cc1cc(C#Cc2ccccc2)cs1. The van der Waals surface area contributed by atoms with Crippen LogP contribution < -0.4 is 5.73 Å². The Bertz CT molecular complexity index is 556. The predicted molar refractivity (Wildman–Crippen MR) is 82.8 cm³/mol. The van der Waals surface area contributed by atoms with Crippen molar-refractivity contribution in [3.05, 3.63) is 57.8 Å². The Morgan fingerprint density at radius 3 is 2.53 bits per heavy atom. The summed E-state index contributed by atoms with van der Waals surface area (Å²) in [6.07, 6.45) is 0.703. The molecule has 0 spiro atoms. The Morgan fingerprint density at radius 2 is 1.84 bits per heavy atom. The number of hydrogen-bond acceptors (Lipinski definition) is 3. The lowest BCUT2D eigenvalue weighted by atomic mass is 10.2. The molecule has 0 saturated heterocycles. The maximum Gasteiger partial charge on any atom is 0.0586 e. The standard InChI is InChI=1S/C15H15NOS.ClH/c16-14(10-17)9-15-8-13(11-18-15)7-6-12-4-2-1-3-5-12;/h1-5,8,11,14,17H,9-10,16H2;1H. The Balaban J connectivity index is 0.00000180. The van der Waals surface area contributed by atoms with Gasteiger partial charge in [0.25, 0.3) is 0 Å². The van der Waals surface area contributed by atoms with Gasteiger partial charge in [0.1, 0.15) is 0 Å². The molecule has 0 bridgehead atoms. The fraction of sp³-hybridized carbons (Fsp3) is 0.200. The smallest absolute Gasteiger partial charge is 0.0586 e. The molecule has 1 aromatic heterocycles. The highest BCUT2D eigenvalue weighted by atomic mass is 35.5. The van der Waals surface area contributed by atoms with E-state index in [0.29, 0.717) is 6.42 Å². The molecule has 100 valence electrons. The average molecular weight is 294 g/mol. The van der Waals surface area contributed by atoms with Crippen molar-refractivity contribution in [2.75, 3.05) is 6.61 Å². The van der Waals surface area contributed by atoms with Gasteiger partial charge in [0, 0.05) is 27.4 Å². The van der Waals surface area contributed by atoms with Gasteiger partial charge in [-0.3, -0.25) is 0 Å². The fourth-order valence-corrected chi connectivity index (χ4v) is 2.45. The van der Waals surface area contributed by atoms with E-state index in [0.717, 1.165) is 16.0 Å². The molecule has 0 aliphatic carbocycles. The van der Waals surface area contributed by atoms with Crippen LogP contribution >= 0.6 is 23.7 Å². The minimum atomic E-state index is -0.182. The summed E-state index contributed by atoms with van der Waals surface area (Å²) in [4.78, 5) is 1.16. The van der Waals surface area contributed by atoms with E-state index in [1.165, 1.54) is 0 Å². The average Bonchev–Trinajstić information content (AvgIpc) is 2.85. The second-order valence-corrected chi connectivity index (χ2v) is 5.06. The number of aliphatic hydroxyl groups excluding tert-OH is 1. The van der Waals surface area contributed by atoms with Gasteiger partial charge in [0.15, 0.2) is 0 Å². The van der Waals surface area contributed by atoms with Crippen LogP contribution in [-0.2, 0) is 6.42 Å². The quantitative estimate of drug-likeness (QED) is 0.854. The van der Waals surface area contributed by atoms with Crippen LogP contribution in [0.3, 0.4) is 0 Å². The topological polar surface area (TPSA) is 46.2 Å². The van der Waals surface area contributed by atoms with Crippen molar-refractivity contribution in [2.45, 2.75) is 12.5 Å². The molecule has 0 fully saturated rings. The molecule has 0 amide bonds. The molecule has 0 saturated carbocycles. The molecule has 3 N–H and O–H groups in total. The third kappa shape index (κ3) is 5.06. The second-order valence-electron chi connectivity index (χ2n) is 4.06. The van der Waals surface area contributed by atoms with Gasteiger partial charge in [-0.2, -0.15) is 0 Å². The van der Waals surface area contributed by atoms with E-state index in [9.17, 15) is 0 Å². The zero-order chi connectivity index (χ0) is 12.8. The number of hydrogen-bond donors (Lipinski definition) is 2. The molecule has 2 nitrogen and oxygen atoms in total. The van der Waals surface area contributed by atoms with E-state index in [2.05, 4.69) is 11.8 Å². The molecule has 19 heavy (non-hydrogen) atoms. The lowest BCUT2D eigenvalue weighted by Gasteiger charge is -2.03. The summed E-state index contributed by atoms with van der Waals surface area (Å²) in [5.41, 5.74) is 7.71. The largest absolute Gasteiger partial charge is 0.395 e. The summed E-state index contributed by atoms with van der Waals surface area (Å²) in [5, 5.41) is 10.9. The van der Waals surface area contributed by atoms with E-state index < -0.39 is 0 Å². The Labute approximate surface area is 123 Å². The van der Waals surface area contributed by atoms with Gasteiger partial charge in [-0.25, -0.2) is 0 Å². The Kier molecular flexibility index (Phi) is 6.61. The van der Waals surface area contributed by atoms with Crippen LogP contribution in [0.25, 0.3) is 0 Å². The van der Waals surface area contributed by atoms with E-state index >= 15 is 0 Å². The maximum atomic E-state index is 8.91. The summed E-state index contributed by atoms with van der Waals surface area (Å²) < 4.78 is 0. The number of halogens is 1. The third-order valence-electron chi connectivity index (χ3n) is 2.48. The molecular weight excluding hydrogens is 278 g/mol. The number of benzene rings is 1. The highest BCUT2D eigenvalue weighted by Gasteiger charge is 2.04. The number of nitrogens with two attached hydrogens (primary N) is 1. The zero-order valence-electron chi connectivity index (χ0n) is 10.4. The molecule has 2 aromatic rings. The van der Waals surface area contributed by atoms with Crippen LogP contribution in [0.4, 0.5) is 0 Å². The summed E-state index contributed by atoms with van der Waals surface area (Å²) in [5.74, 6) is 6.25. The Hall–Kier alpha value is -1.31. The van der Waals surface area contributed by atoms with Crippen molar-refractivity contribution in [1.82, 2.24) is 0 Å². The first-order valence-electron chi connectivity index (χ1n) is 5.79. The van der Waals surface area contributed by atoms with Gasteiger partial charge in [-0.05, 0) is 24.6 Å². The van der Waals surface area contributed by atoms with Crippen molar-refractivity contribution in [3.63, 3.8) is 0 Å². The van der Waals surface area contributed by atoms with E-state index in [-0.39, 0.29) is 25.1 Å². The highest BCUT2D eigenvalue weighted by molar-refractivity contribution is 7.10. The van der Waals surface area contributed by atoms with Gasteiger partial charge in [-0.1, -0.05) is 30.0 Å². The van der Waals surface area contributed by atoms with Crippen LogP contribution in [0.2, 0.25) is 0 Å². The summed E-state index contributed by atoms with van der Waals surface area (Å²) in [6.45, 7) is 0.0168. The fourth-order valence-electron chi connectivity index (χ4n) is 1.54. The van der Waals surface area contributed by atoms with Crippen molar-refractivity contribution < 1.29 is 5.11 Å². The lowest BCUT2D eigenvalue weighted by Crippen LogP contribution is -2.26. The Morgan fingerprint density at radius 1 is 1.16 bits per heavy atom. The minimum Gasteiger partial charge on any atom is -0.395 e. The minimum absolute atomic E-state index is 0. The third-order valence-corrected chi connectivity index (χ3v) is 3.44. The first kappa shape index (κ1) is 15.7. The van der Waals surface area contributed by atoms with Gasteiger partial charge < -0.3 is 10.8 Å². The van der Waals surface area contributed by atoms with Crippen molar-refractivity contribution in [2.24, 2.45) is 5.73 Å². The van der Waals surface area contributed by atoms with Crippen LogP contribution in [0, 0.1) is 11.8 Å². The molecule has 0 aliphatic heterocycles. The molecule has 4 heteroatoms. The predicted octanol–water partition coefficient (Wildman–Crippen LogP) is 2.43. The monoisotopic (exact) mass is 293 g/mol. The van der Waals surface area contributed by atoms with Crippen molar-refractivity contribution >= 4 is 23.7 Å². The van der Waals surface area contributed by atoms with Crippen LogP contribution in [0.15, 0.2) is 41.8 Å². The summed E-state index contributed by atoms with van der Waals surface area (Å²) in [7, 11) is 0. The number of thiophene rings is 1. The summed E-state index contributed by atoms with van der Waals surface area (Å²) >= 11 is 1.63. The molecule has 0 radical (unpaired) electrons. The first-order chi connectivity index (χ1) is 8.78. The molecule has 2 rings (SSSR count). The molecular formula is C15H16ClNOS. The zero-order valence-corrected chi connectivity index (χ0v) is 12.0. The van der Waals surface area contributed by atoms with Crippen LogP contribution in [-0.4, -0.2) is 17.8 Å². The van der Waals surface area contributed by atoms with E-state index in [1.54, 1.807) is 11.3 Å². The van der Waals surface area contributed by atoms with Crippen molar-refractivity contribution in [1.29, 1.82) is 0 Å². The maximum absolute atomic E-state index is 8.91. The number of rotatable bonds is 3. The van der Waals surface area contributed by atoms with E-state index in [1.807, 2.05) is 41.8 Å². The molecule has 1 heterocycles. The first-order valence-corrected chi connectivity index (χ1v) is 6.67. The van der Waals surface area contributed by atoms with Gasteiger partial charge in [0.2, 0.25) is 0 Å². The summed E-state index contributed by atoms with van der Waals surface area (Å²) in [6, 6.07) is 11.8. The lowest BCUT2D eigenvalue weighted by molar-refractivity contribution is 0.265. The molecule has 0 aliphatic rings. The highest BCUT2D eigenvalue weighted by Crippen LogP contribution is 2.15. The molecule has 1 unspecified atom stereocenters. The van der Waals surface area contributed by atoms with Gasteiger partial charge >= 0.3 is 0 Å². The number of aliphatic hydroxyl groups is 1. The van der Waals surface area contributed by atoms with Gasteiger partial charge in [0.05, 0.1) is 6.61 Å². The molecule has 1 aromatic carbocycles.